The topological polar surface area (TPSA) is 49.3 Å². The predicted molar refractivity (Wildman–Crippen MR) is 113 cm³/mol. The fraction of sp³-hybridized carbons (Fsp3) is 0.375. The minimum atomic E-state index is -0.183. The number of aromatic nitrogens is 1. The number of guanidine groups is 1. The molecule has 0 unspecified atom stereocenters. The maximum Gasteiger partial charge on any atom is 0.191 e. The Balaban J connectivity index is 0.00000288. The largest absolute Gasteiger partial charge is 0.356 e. The highest BCUT2D eigenvalue weighted by molar-refractivity contribution is 14.0. The van der Waals surface area contributed by atoms with Crippen LogP contribution in [0.25, 0.3) is 0 Å². The molecule has 0 aliphatic rings. The summed E-state index contributed by atoms with van der Waals surface area (Å²) in [7, 11) is 1.72. The Morgan fingerprint density at radius 1 is 1.29 bits per heavy atom. The van der Waals surface area contributed by atoms with Crippen LogP contribution in [-0.4, -0.2) is 31.1 Å². The number of benzene rings is 1. The first kappa shape index (κ1) is 21.3. The van der Waals surface area contributed by atoms with Gasteiger partial charge in [-0.1, -0.05) is 15.9 Å². The first-order chi connectivity index (χ1) is 11.1. The van der Waals surface area contributed by atoms with Crippen molar-refractivity contribution in [3.05, 3.63) is 50.1 Å². The van der Waals surface area contributed by atoms with Gasteiger partial charge >= 0.3 is 0 Å². The van der Waals surface area contributed by atoms with Crippen LogP contribution < -0.4 is 10.6 Å². The number of rotatable bonds is 6. The minimum Gasteiger partial charge on any atom is -0.356 e. The van der Waals surface area contributed by atoms with Gasteiger partial charge in [0.1, 0.15) is 5.82 Å². The molecule has 0 saturated carbocycles. The number of hydrogen-bond donors (Lipinski definition) is 2. The van der Waals surface area contributed by atoms with Crippen molar-refractivity contribution in [2.75, 3.05) is 20.1 Å². The zero-order chi connectivity index (χ0) is 16.7. The standard InChI is InChI=1S/C16H20BrFN4S.HI/c1-11-10-22-15(23-11)6-8-21-16(19-2)20-7-5-12-9-13(17)3-4-14(12)18;/h3-4,9-10H,5-8H2,1-2H3,(H2,19,20,21);1H. The van der Waals surface area contributed by atoms with Gasteiger partial charge in [-0.25, -0.2) is 9.37 Å². The zero-order valence-corrected chi connectivity index (χ0v) is 18.3. The van der Waals surface area contributed by atoms with Crippen molar-refractivity contribution in [2.45, 2.75) is 19.8 Å². The third kappa shape index (κ3) is 7.02. The maximum absolute atomic E-state index is 13.7. The van der Waals surface area contributed by atoms with Gasteiger partial charge in [0.05, 0.1) is 5.01 Å². The molecule has 0 aliphatic carbocycles. The number of thiazole rings is 1. The van der Waals surface area contributed by atoms with E-state index >= 15 is 0 Å². The molecule has 0 atom stereocenters. The van der Waals surface area contributed by atoms with Crippen LogP contribution in [0.2, 0.25) is 0 Å². The molecule has 1 heterocycles. The highest BCUT2D eigenvalue weighted by atomic mass is 127. The summed E-state index contributed by atoms with van der Waals surface area (Å²) in [6.45, 7) is 3.43. The van der Waals surface area contributed by atoms with Crippen molar-refractivity contribution >= 4 is 57.2 Å². The van der Waals surface area contributed by atoms with Crippen molar-refractivity contribution in [1.82, 2.24) is 15.6 Å². The average molecular weight is 527 g/mol. The van der Waals surface area contributed by atoms with Gasteiger partial charge < -0.3 is 10.6 Å². The first-order valence-electron chi connectivity index (χ1n) is 7.38. The van der Waals surface area contributed by atoms with Gasteiger partial charge in [0.25, 0.3) is 0 Å². The molecule has 0 saturated heterocycles. The number of aliphatic imine (C=N–C) groups is 1. The Bertz CT molecular complexity index is 678. The van der Waals surface area contributed by atoms with E-state index in [-0.39, 0.29) is 29.8 Å². The van der Waals surface area contributed by atoms with Crippen LogP contribution in [0.3, 0.4) is 0 Å². The SMILES string of the molecule is CN=C(NCCc1ncc(C)s1)NCCc1cc(Br)ccc1F.I. The second kappa shape index (κ2) is 11.0. The molecule has 0 bridgehead atoms. The lowest BCUT2D eigenvalue weighted by Gasteiger charge is -2.11. The molecule has 8 heteroatoms. The van der Waals surface area contributed by atoms with Crippen LogP contribution in [0.4, 0.5) is 4.39 Å². The van der Waals surface area contributed by atoms with E-state index in [1.807, 2.05) is 6.20 Å². The van der Waals surface area contributed by atoms with Crippen LogP contribution >= 0.6 is 51.2 Å². The van der Waals surface area contributed by atoms with Gasteiger partial charge in [-0.05, 0) is 37.1 Å². The van der Waals surface area contributed by atoms with E-state index in [0.717, 1.165) is 22.4 Å². The minimum absolute atomic E-state index is 0. The zero-order valence-electron chi connectivity index (χ0n) is 13.6. The summed E-state index contributed by atoms with van der Waals surface area (Å²) in [5.41, 5.74) is 0.681. The summed E-state index contributed by atoms with van der Waals surface area (Å²) in [5, 5.41) is 7.55. The Kier molecular flexibility index (Phi) is 9.75. The summed E-state index contributed by atoms with van der Waals surface area (Å²) < 4.78 is 14.6. The van der Waals surface area contributed by atoms with Gasteiger partial charge in [0.2, 0.25) is 0 Å². The molecule has 0 amide bonds. The van der Waals surface area contributed by atoms with Crippen molar-refractivity contribution < 1.29 is 4.39 Å². The lowest BCUT2D eigenvalue weighted by Crippen LogP contribution is -2.39. The molecule has 2 N–H and O–H groups in total. The van der Waals surface area contributed by atoms with Gasteiger partial charge in [-0.15, -0.1) is 35.3 Å². The molecule has 24 heavy (non-hydrogen) atoms. The normalized spacial score (nSPS) is 11.1. The van der Waals surface area contributed by atoms with Crippen LogP contribution in [0, 0.1) is 12.7 Å². The molecule has 2 aromatic rings. The van der Waals surface area contributed by atoms with E-state index in [4.69, 9.17) is 0 Å². The van der Waals surface area contributed by atoms with Crippen LogP contribution in [-0.2, 0) is 12.8 Å². The predicted octanol–water partition coefficient (Wildman–Crippen LogP) is 3.92. The molecule has 2 rings (SSSR count). The Hall–Kier alpha value is -0.740. The summed E-state index contributed by atoms with van der Waals surface area (Å²) in [4.78, 5) is 9.72. The quantitative estimate of drug-likeness (QED) is 0.341. The lowest BCUT2D eigenvalue weighted by molar-refractivity contribution is 0.606. The summed E-state index contributed by atoms with van der Waals surface area (Å²) in [5.74, 6) is 0.533. The summed E-state index contributed by atoms with van der Waals surface area (Å²) in [6, 6.07) is 4.98. The van der Waals surface area contributed by atoms with Gasteiger partial charge in [-0.2, -0.15) is 0 Å². The van der Waals surface area contributed by atoms with E-state index in [2.05, 4.69) is 43.5 Å². The Morgan fingerprint density at radius 2 is 2.00 bits per heavy atom. The van der Waals surface area contributed by atoms with E-state index in [1.54, 1.807) is 30.5 Å². The monoisotopic (exact) mass is 526 g/mol. The van der Waals surface area contributed by atoms with Gasteiger partial charge in [0.15, 0.2) is 5.96 Å². The average Bonchev–Trinajstić information content (AvgIpc) is 2.94. The lowest BCUT2D eigenvalue weighted by atomic mass is 10.1. The molecule has 0 spiro atoms. The van der Waals surface area contributed by atoms with Crippen molar-refractivity contribution in [1.29, 1.82) is 0 Å². The number of nitrogens with zero attached hydrogens (tertiary/aromatic N) is 2. The second-order valence-electron chi connectivity index (χ2n) is 5.03. The number of halogens is 3. The van der Waals surface area contributed by atoms with E-state index < -0.39 is 0 Å². The Morgan fingerprint density at radius 3 is 2.62 bits per heavy atom. The van der Waals surface area contributed by atoms with Crippen molar-refractivity contribution in [2.24, 2.45) is 4.99 Å². The van der Waals surface area contributed by atoms with E-state index in [1.165, 1.54) is 10.9 Å². The van der Waals surface area contributed by atoms with E-state index in [9.17, 15) is 4.39 Å². The number of aryl methyl sites for hydroxylation is 1. The smallest absolute Gasteiger partial charge is 0.191 e. The molecule has 0 aliphatic heterocycles. The summed E-state index contributed by atoms with van der Waals surface area (Å²) >= 11 is 5.07. The van der Waals surface area contributed by atoms with Crippen molar-refractivity contribution in [3.63, 3.8) is 0 Å². The molecule has 1 aromatic carbocycles. The number of hydrogen-bond acceptors (Lipinski definition) is 3. The van der Waals surface area contributed by atoms with Gasteiger partial charge in [-0.3, -0.25) is 4.99 Å². The maximum atomic E-state index is 13.7. The van der Waals surface area contributed by atoms with Crippen LogP contribution in [0.1, 0.15) is 15.4 Å². The van der Waals surface area contributed by atoms with E-state index in [0.29, 0.717) is 24.5 Å². The van der Waals surface area contributed by atoms with Gasteiger partial charge in [0, 0.05) is 42.1 Å². The second-order valence-corrected chi connectivity index (χ2v) is 7.26. The third-order valence-corrected chi connectivity index (χ3v) is 4.68. The molecular weight excluding hydrogens is 506 g/mol. The molecule has 4 nitrogen and oxygen atoms in total. The number of nitrogens with one attached hydrogen (secondary N) is 2. The molecule has 0 radical (unpaired) electrons. The fourth-order valence-electron chi connectivity index (χ4n) is 2.08. The first-order valence-corrected chi connectivity index (χ1v) is 8.99. The highest BCUT2D eigenvalue weighted by Gasteiger charge is 2.04. The molecule has 132 valence electrons. The third-order valence-electron chi connectivity index (χ3n) is 3.22. The molecule has 0 fully saturated rings. The summed E-state index contributed by atoms with van der Waals surface area (Å²) in [6.07, 6.45) is 3.34. The van der Waals surface area contributed by atoms with Crippen molar-refractivity contribution in [3.8, 4) is 0 Å². The fourth-order valence-corrected chi connectivity index (χ4v) is 3.27. The highest BCUT2D eigenvalue weighted by Crippen LogP contribution is 2.15. The van der Waals surface area contributed by atoms with Crippen LogP contribution in [0.5, 0.6) is 0 Å². The van der Waals surface area contributed by atoms with Crippen LogP contribution in [0.15, 0.2) is 33.9 Å². The molecule has 1 aromatic heterocycles. The molecular formula is C16H21BrFIN4S. The Labute approximate surface area is 171 Å².